The maximum atomic E-state index is 5.56. The van der Waals surface area contributed by atoms with Crippen molar-refractivity contribution in [2.45, 2.75) is 0 Å². The van der Waals surface area contributed by atoms with Crippen LogP contribution in [0.15, 0.2) is 29.8 Å². The Balaban J connectivity index is 2.18. The highest BCUT2D eigenvalue weighted by molar-refractivity contribution is 5.74. The minimum Gasteiger partial charge on any atom is -0.488 e. The van der Waals surface area contributed by atoms with Crippen LogP contribution in [0.1, 0.15) is 5.56 Å². The molecule has 2 heterocycles. The van der Waals surface area contributed by atoms with Crippen LogP contribution in [0.2, 0.25) is 0 Å². The van der Waals surface area contributed by atoms with E-state index in [9.17, 15) is 0 Å². The van der Waals surface area contributed by atoms with Crippen LogP contribution in [0.25, 0.3) is 5.70 Å². The van der Waals surface area contributed by atoms with Gasteiger partial charge in [-0.05, 0) is 12.1 Å². The first-order valence-corrected chi connectivity index (χ1v) is 4.27. The number of nitrogens with one attached hydrogen (secondary N) is 1. The highest BCUT2D eigenvalue weighted by atomic mass is 16.7. The standard InChI is InChI=1S/C10H9NO2/c1-2-4-9-8(3-1)10-7(5-12-9)6-13-11-10/h1-4,11H,5-6H2. The molecule has 0 aromatic heterocycles. The molecule has 1 aromatic carbocycles. The van der Waals surface area contributed by atoms with Crippen molar-refractivity contribution < 1.29 is 9.57 Å². The molecule has 66 valence electrons. The zero-order chi connectivity index (χ0) is 8.67. The van der Waals surface area contributed by atoms with E-state index in [0.717, 1.165) is 17.0 Å². The van der Waals surface area contributed by atoms with Gasteiger partial charge in [-0.25, -0.2) is 0 Å². The van der Waals surface area contributed by atoms with Crippen LogP contribution in [-0.2, 0) is 4.84 Å². The molecule has 3 nitrogen and oxygen atoms in total. The van der Waals surface area contributed by atoms with Crippen LogP contribution in [0.4, 0.5) is 0 Å². The largest absolute Gasteiger partial charge is 0.488 e. The normalized spacial score (nSPS) is 18.8. The second-order valence-corrected chi connectivity index (χ2v) is 3.15. The fourth-order valence-corrected chi connectivity index (χ4v) is 1.66. The lowest BCUT2D eigenvalue weighted by Gasteiger charge is -2.17. The van der Waals surface area contributed by atoms with Gasteiger partial charge in [0.2, 0.25) is 0 Å². The number of ether oxygens (including phenoxy) is 1. The monoisotopic (exact) mass is 175 g/mol. The van der Waals surface area contributed by atoms with E-state index in [1.165, 1.54) is 5.57 Å². The summed E-state index contributed by atoms with van der Waals surface area (Å²) >= 11 is 0. The Morgan fingerprint density at radius 2 is 2.08 bits per heavy atom. The average molecular weight is 175 g/mol. The van der Waals surface area contributed by atoms with Crippen LogP contribution < -0.4 is 10.2 Å². The van der Waals surface area contributed by atoms with Crippen molar-refractivity contribution in [3.8, 4) is 5.75 Å². The van der Waals surface area contributed by atoms with E-state index in [-0.39, 0.29) is 0 Å². The molecule has 0 atom stereocenters. The molecule has 2 aliphatic rings. The van der Waals surface area contributed by atoms with E-state index in [4.69, 9.17) is 9.57 Å². The van der Waals surface area contributed by atoms with E-state index in [0.29, 0.717) is 13.2 Å². The first kappa shape index (κ1) is 6.97. The molecule has 0 bridgehead atoms. The van der Waals surface area contributed by atoms with Crippen molar-refractivity contribution in [2.75, 3.05) is 13.2 Å². The second-order valence-electron chi connectivity index (χ2n) is 3.15. The molecular formula is C10H9NO2. The number of para-hydroxylation sites is 1. The average Bonchev–Trinajstić information content (AvgIpc) is 2.65. The number of fused-ring (bicyclic) bond motifs is 2. The maximum absolute atomic E-state index is 5.56. The van der Waals surface area contributed by atoms with Gasteiger partial charge in [0.05, 0.1) is 5.70 Å². The van der Waals surface area contributed by atoms with Crippen molar-refractivity contribution in [3.63, 3.8) is 0 Å². The van der Waals surface area contributed by atoms with Gasteiger partial charge in [0.1, 0.15) is 19.0 Å². The molecule has 0 spiro atoms. The van der Waals surface area contributed by atoms with Crippen LogP contribution >= 0.6 is 0 Å². The molecule has 3 heteroatoms. The van der Waals surface area contributed by atoms with E-state index in [1.807, 2.05) is 24.3 Å². The summed E-state index contributed by atoms with van der Waals surface area (Å²) in [6.07, 6.45) is 0. The summed E-state index contributed by atoms with van der Waals surface area (Å²) in [5.41, 5.74) is 6.29. The number of rotatable bonds is 0. The zero-order valence-electron chi connectivity index (χ0n) is 7.04. The zero-order valence-corrected chi connectivity index (χ0v) is 7.04. The summed E-state index contributed by atoms with van der Waals surface area (Å²) in [5, 5.41) is 0. The molecule has 0 amide bonds. The van der Waals surface area contributed by atoms with Crippen LogP contribution in [-0.4, -0.2) is 13.2 Å². The van der Waals surface area contributed by atoms with E-state index in [2.05, 4.69) is 5.48 Å². The van der Waals surface area contributed by atoms with E-state index in [1.54, 1.807) is 0 Å². The van der Waals surface area contributed by atoms with Crippen molar-refractivity contribution in [1.82, 2.24) is 5.48 Å². The molecule has 3 rings (SSSR count). The van der Waals surface area contributed by atoms with Crippen LogP contribution in [0, 0.1) is 0 Å². The molecule has 13 heavy (non-hydrogen) atoms. The lowest BCUT2D eigenvalue weighted by Crippen LogP contribution is -2.12. The third-order valence-corrected chi connectivity index (χ3v) is 2.33. The summed E-state index contributed by atoms with van der Waals surface area (Å²) in [5.74, 6) is 0.930. The van der Waals surface area contributed by atoms with Gasteiger partial charge >= 0.3 is 0 Å². The molecule has 0 saturated heterocycles. The molecule has 1 aromatic rings. The van der Waals surface area contributed by atoms with Crippen LogP contribution in [0.3, 0.4) is 0 Å². The van der Waals surface area contributed by atoms with Crippen molar-refractivity contribution in [1.29, 1.82) is 0 Å². The van der Waals surface area contributed by atoms with Crippen molar-refractivity contribution in [3.05, 3.63) is 35.4 Å². The summed E-state index contributed by atoms with van der Waals surface area (Å²) in [7, 11) is 0. The minimum absolute atomic E-state index is 0.629. The van der Waals surface area contributed by atoms with Gasteiger partial charge in [0, 0.05) is 11.1 Å². The summed E-state index contributed by atoms with van der Waals surface area (Å²) < 4.78 is 5.56. The third-order valence-electron chi connectivity index (χ3n) is 2.33. The lowest BCUT2D eigenvalue weighted by atomic mass is 10.1. The first-order valence-electron chi connectivity index (χ1n) is 4.27. The Morgan fingerprint density at radius 1 is 1.15 bits per heavy atom. The Hall–Kier alpha value is -1.48. The molecule has 0 unspecified atom stereocenters. The summed E-state index contributed by atoms with van der Waals surface area (Å²) in [6.45, 7) is 1.27. The predicted molar refractivity (Wildman–Crippen MR) is 47.9 cm³/mol. The first-order chi connectivity index (χ1) is 6.45. The molecule has 2 aliphatic heterocycles. The van der Waals surface area contributed by atoms with Crippen molar-refractivity contribution >= 4 is 5.70 Å². The number of hydrogen-bond donors (Lipinski definition) is 1. The fourth-order valence-electron chi connectivity index (χ4n) is 1.66. The van der Waals surface area contributed by atoms with Gasteiger partial charge < -0.3 is 4.74 Å². The lowest BCUT2D eigenvalue weighted by molar-refractivity contribution is 0.116. The Kier molecular flexibility index (Phi) is 1.34. The number of hydrogen-bond acceptors (Lipinski definition) is 3. The minimum atomic E-state index is 0.629. The third kappa shape index (κ3) is 0.939. The quantitative estimate of drug-likeness (QED) is 0.645. The van der Waals surface area contributed by atoms with E-state index >= 15 is 0 Å². The van der Waals surface area contributed by atoms with Gasteiger partial charge in [-0.2, -0.15) is 0 Å². The van der Waals surface area contributed by atoms with E-state index < -0.39 is 0 Å². The van der Waals surface area contributed by atoms with Gasteiger partial charge in [-0.3, -0.25) is 10.3 Å². The summed E-state index contributed by atoms with van der Waals surface area (Å²) in [4.78, 5) is 5.14. The van der Waals surface area contributed by atoms with Gasteiger partial charge in [-0.15, -0.1) is 0 Å². The number of hydroxylamine groups is 1. The van der Waals surface area contributed by atoms with Crippen molar-refractivity contribution in [2.24, 2.45) is 0 Å². The fraction of sp³-hybridized carbons (Fsp3) is 0.200. The smallest absolute Gasteiger partial charge is 0.129 e. The topological polar surface area (TPSA) is 30.5 Å². The molecule has 0 fully saturated rings. The molecular weight excluding hydrogens is 166 g/mol. The highest BCUT2D eigenvalue weighted by Gasteiger charge is 2.23. The van der Waals surface area contributed by atoms with Gasteiger partial charge in [0.25, 0.3) is 0 Å². The summed E-state index contributed by atoms with van der Waals surface area (Å²) in [6, 6.07) is 7.98. The molecule has 0 saturated carbocycles. The Labute approximate surface area is 75.9 Å². The number of benzene rings is 1. The van der Waals surface area contributed by atoms with Gasteiger partial charge in [0.15, 0.2) is 0 Å². The van der Waals surface area contributed by atoms with Gasteiger partial charge in [-0.1, -0.05) is 12.1 Å². The molecule has 0 radical (unpaired) electrons. The highest BCUT2D eigenvalue weighted by Crippen LogP contribution is 2.33. The second kappa shape index (κ2) is 2.50. The Bertz CT molecular complexity index is 384. The Morgan fingerprint density at radius 3 is 3.08 bits per heavy atom. The maximum Gasteiger partial charge on any atom is 0.129 e. The predicted octanol–water partition coefficient (Wildman–Crippen LogP) is 1.32. The molecule has 1 N–H and O–H groups in total. The molecule has 0 aliphatic carbocycles. The SMILES string of the molecule is c1ccc2c(c1)OCC1=C2NOC1. The van der Waals surface area contributed by atoms with Crippen LogP contribution in [0.5, 0.6) is 5.75 Å².